The third kappa shape index (κ3) is 5.46. The minimum Gasteiger partial charge on any atom is -0.341 e. The van der Waals surface area contributed by atoms with E-state index in [9.17, 15) is 22.8 Å². The van der Waals surface area contributed by atoms with E-state index in [0.717, 1.165) is 24.3 Å². The number of amides is 3. The van der Waals surface area contributed by atoms with E-state index in [4.69, 9.17) is 0 Å². The maximum Gasteiger partial charge on any atom is 0.416 e. The Labute approximate surface area is 132 Å². The van der Waals surface area contributed by atoms with Gasteiger partial charge in [-0.05, 0) is 45.0 Å². The number of hydrogen-bond acceptors (Lipinski definition) is 2. The van der Waals surface area contributed by atoms with Crippen molar-refractivity contribution in [2.24, 2.45) is 0 Å². The molecule has 1 rings (SSSR count). The third-order valence-electron chi connectivity index (χ3n) is 3.26. The lowest BCUT2D eigenvalue weighted by molar-refractivity contribution is -0.137. The number of anilines is 1. The third-order valence-corrected chi connectivity index (χ3v) is 3.26. The lowest BCUT2D eigenvalue weighted by Crippen LogP contribution is -2.48. The number of rotatable bonds is 5. The molecule has 0 saturated carbocycles. The largest absolute Gasteiger partial charge is 0.416 e. The second-order valence-corrected chi connectivity index (χ2v) is 4.91. The molecule has 1 aromatic rings. The molecule has 8 heteroatoms. The molecular weight excluding hydrogens is 311 g/mol. The number of likely N-dealkylation sites (N-methyl/N-ethyl adjacent to an activating group) is 1. The van der Waals surface area contributed by atoms with E-state index in [1.54, 1.807) is 11.8 Å². The van der Waals surface area contributed by atoms with Gasteiger partial charge in [-0.25, -0.2) is 4.79 Å². The highest BCUT2D eigenvalue weighted by Gasteiger charge is 2.30. The average Bonchev–Trinajstić information content (AvgIpc) is 2.47. The standard InChI is InChI=1S/C15H20F3N3O2/c1-4-21(5-2)13(22)10(3)19-14(23)20-12-8-6-11(7-9-12)15(16,17)18/h6-10H,4-5H2,1-3H3,(H2,19,20,23)/t10-/m1/s1. The van der Waals surface area contributed by atoms with E-state index in [1.165, 1.54) is 0 Å². The van der Waals surface area contributed by atoms with Crippen LogP contribution in [0.4, 0.5) is 23.7 Å². The highest BCUT2D eigenvalue weighted by molar-refractivity contribution is 5.93. The Kier molecular flexibility index (Phi) is 6.41. The maximum atomic E-state index is 12.4. The van der Waals surface area contributed by atoms with Gasteiger partial charge in [-0.2, -0.15) is 13.2 Å². The number of alkyl halides is 3. The SMILES string of the molecule is CCN(CC)C(=O)[C@@H](C)NC(=O)Nc1ccc(C(F)(F)F)cc1. The summed E-state index contributed by atoms with van der Waals surface area (Å²) >= 11 is 0. The minimum atomic E-state index is -4.43. The number of nitrogens with one attached hydrogen (secondary N) is 2. The molecule has 0 bridgehead atoms. The van der Waals surface area contributed by atoms with Gasteiger partial charge in [-0.1, -0.05) is 0 Å². The Hall–Kier alpha value is -2.25. The molecular formula is C15H20F3N3O2. The highest BCUT2D eigenvalue weighted by Crippen LogP contribution is 2.29. The Bertz CT molecular complexity index is 540. The summed E-state index contributed by atoms with van der Waals surface area (Å²) in [6.45, 7) is 6.27. The van der Waals surface area contributed by atoms with Gasteiger partial charge in [0, 0.05) is 18.8 Å². The molecule has 0 spiro atoms. The van der Waals surface area contributed by atoms with E-state index in [0.29, 0.717) is 13.1 Å². The minimum absolute atomic E-state index is 0.206. The molecule has 0 aliphatic rings. The van der Waals surface area contributed by atoms with Crippen LogP contribution in [0.25, 0.3) is 0 Å². The summed E-state index contributed by atoms with van der Waals surface area (Å²) in [6.07, 6.45) is -4.43. The Morgan fingerprint density at radius 2 is 1.65 bits per heavy atom. The van der Waals surface area contributed by atoms with Crippen molar-refractivity contribution < 1.29 is 22.8 Å². The molecule has 0 heterocycles. The van der Waals surface area contributed by atoms with Crippen LogP contribution in [0.2, 0.25) is 0 Å². The Morgan fingerprint density at radius 1 is 1.13 bits per heavy atom. The number of carbonyl (C=O) groups excluding carboxylic acids is 2. The Balaban J connectivity index is 2.61. The fourth-order valence-corrected chi connectivity index (χ4v) is 1.98. The summed E-state index contributed by atoms with van der Waals surface area (Å²) < 4.78 is 37.3. The topological polar surface area (TPSA) is 61.4 Å². The molecule has 0 saturated heterocycles. The van der Waals surface area contributed by atoms with Crippen molar-refractivity contribution in [3.05, 3.63) is 29.8 Å². The van der Waals surface area contributed by atoms with E-state index >= 15 is 0 Å². The van der Waals surface area contributed by atoms with Gasteiger partial charge < -0.3 is 15.5 Å². The first-order chi connectivity index (χ1) is 10.7. The Morgan fingerprint density at radius 3 is 2.09 bits per heavy atom. The van der Waals surface area contributed by atoms with Crippen LogP contribution < -0.4 is 10.6 Å². The van der Waals surface area contributed by atoms with E-state index in [-0.39, 0.29) is 11.6 Å². The van der Waals surface area contributed by atoms with Gasteiger partial charge in [0.1, 0.15) is 6.04 Å². The van der Waals surface area contributed by atoms with Gasteiger partial charge in [0.25, 0.3) is 0 Å². The molecule has 128 valence electrons. The van der Waals surface area contributed by atoms with Crippen LogP contribution in [0.1, 0.15) is 26.3 Å². The van der Waals surface area contributed by atoms with Crippen LogP contribution >= 0.6 is 0 Å². The van der Waals surface area contributed by atoms with Gasteiger partial charge in [-0.15, -0.1) is 0 Å². The molecule has 0 radical (unpaired) electrons. The monoisotopic (exact) mass is 331 g/mol. The second kappa shape index (κ2) is 7.85. The summed E-state index contributed by atoms with van der Waals surface area (Å²) in [4.78, 5) is 25.4. The first kappa shape index (κ1) is 18.8. The quantitative estimate of drug-likeness (QED) is 0.871. The molecule has 0 fully saturated rings. The summed E-state index contributed by atoms with van der Waals surface area (Å²) in [5.41, 5.74) is -0.591. The van der Waals surface area contributed by atoms with Crippen LogP contribution in [0.3, 0.4) is 0 Å². The number of halogens is 3. The number of nitrogens with zero attached hydrogens (tertiary/aromatic N) is 1. The van der Waals surface area contributed by atoms with Crippen molar-refractivity contribution in [2.45, 2.75) is 33.0 Å². The maximum absolute atomic E-state index is 12.4. The van der Waals surface area contributed by atoms with Crippen LogP contribution in [-0.4, -0.2) is 36.0 Å². The zero-order valence-electron chi connectivity index (χ0n) is 13.2. The summed E-state index contributed by atoms with van der Waals surface area (Å²) in [7, 11) is 0. The van der Waals surface area contributed by atoms with Crippen LogP contribution in [0, 0.1) is 0 Å². The van der Waals surface area contributed by atoms with E-state index in [1.807, 2.05) is 13.8 Å². The number of carbonyl (C=O) groups is 2. The van der Waals surface area contributed by atoms with Crippen molar-refractivity contribution >= 4 is 17.6 Å². The zero-order valence-corrected chi connectivity index (χ0v) is 13.2. The lowest BCUT2D eigenvalue weighted by atomic mass is 10.2. The van der Waals surface area contributed by atoms with Crippen LogP contribution in [0.15, 0.2) is 24.3 Å². The van der Waals surface area contributed by atoms with Crippen LogP contribution in [0.5, 0.6) is 0 Å². The van der Waals surface area contributed by atoms with Crippen molar-refractivity contribution in [1.29, 1.82) is 0 Å². The van der Waals surface area contributed by atoms with Gasteiger partial charge >= 0.3 is 12.2 Å². The molecule has 2 N–H and O–H groups in total. The molecule has 1 aromatic carbocycles. The number of benzene rings is 1. The fraction of sp³-hybridized carbons (Fsp3) is 0.467. The normalized spacial score (nSPS) is 12.4. The number of hydrogen-bond donors (Lipinski definition) is 2. The van der Waals surface area contributed by atoms with E-state index in [2.05, 4.69) is 10.6 Å². The van der Waals surface area contributed by atoms with Gasteiger partial charge in [0.05, 0.1) is 5.56 Å². The molecule has 0 aliphatic heterocycles. The first-order valence-electron chi connectivity index (χ1n) is 7.22. The molecule has 1 atom stereocenters. The fourth-order valence-electron chi connectivity index (χ4n) is 1.98. The van der Waals surface area contributed by atoms with Crippen molar-refractivity contribution in [3.63, 3.8) is 0 Å². The van der Waals surface area contributed by atoms with Gasteiger partial charge in [0.15, 0.2) is 0 Å². The second-order valence-electron chi connectivity index (χ2n) is 4.91. The predicted molar refractivity (Wildman–Crippen MR) is 81.0 cm³/mol. The average molecular weight is 331 g/mol. The molecule has 0 aliphatic carbocycles. The van der Waals surface area contributed by atoms with E-state index < -0.39 is 23.8 Å². The molecule has 0 unspecified atom stereocenters. The van der Waals surface area contributed by atoms with Gasteiger partial charge in [-0.3, -0.25) is 4.79 Å². The van der Waals surface area contributed by atoms with Gasteiger partial charge in [0.2, 0.25) is 5.91 Å². The van der Waals surface area contributed by atoms with Crippen molar-refractivity contribution in [3.8, 4) is 0 Å². The highest BCUT2D eigenvalue weighted by atomic mass is 19.4. The summed E-state index contributed by atoms with van der Waals surface area (Å²) in [6, 6.07) is 2.67. The lowest BCUT2D eigenvalue weighted by Gasteiger charge is -2.23. The summed E-state index contributed by atoms with van der Waals surface area (Å²) in [5, 5.41) is 4.85. The molecule has 3 amide bonds. The first-order valence-corrected chi connectivity index (χ1v) is 7.22. The molecule has 0 aromatic heterocycles. The molecule has 5 nitrogen and oxygen atoms in total. The van der Waals surface area contributed by atoms with Crippen molar-refractivity contribution in [1.82, 2.24) is 10.2 Å². The summed E-state index contributed by atoms with van der Waals surface area (Å²) in [5.74, 6) is -0.224. The molecule has 23 heavy (non-hydrogen) atoms. The number of urea groups is 1. The van der Waals surface area contributed by atoms with Crippen molar-refractivity contribution in [2.75, 3.05) is 18.4 Å². The van der Waals surface area contributed by atoms with Crippen LogP contribution in [-0.2, 0) is 11.0 Å². The zero-order chi connectivity index (χ0) is 17.6. The smallest absolute Gasteiger partial charge is 0.341 e. The predicted octanol–water partition coefficient (Wildman–Crippen LogP) is 3.08.